The van der Waals surface area contributed by atoms with Crippen molar-refractivity contribution in [3.63, 3.8) is 0 Å². The molecule has 44 heavy (non-hydrogen) atoms. The average Bonchev–Trinajstić information content (AvgIpc) is 3.65. The third kappa shape index (κ3) is 7.12. The minimum Gasteiger partial charge on any atom is -0.493 e. The summed E-state index contributed by atoms with van der Waals surface area (Å²) >= 11 is 2.14. The molecule has 0 fully saturated rings. The molecule has 3 aromatic carbocycles. The van der Waals surface area contributed by atoms with Crippen LogP contribution in [0.5, 0.6) is 17.2 Å². The molecule has 1 amide bonds. The number of hydrogen-bond acceptors (Lipinski definition) is 7. The van der Waals surface area contributed by atoms with Gasteiger partial charge in [0.05, 0.1) is 28.5 Å². The highest BCUT2D eigenvalue weighted by atomic mass is 127. The summed E-state index contributed by atoms with van der Waals surface area (Å²) in [6.45, 7) is 4.53. The number of hydrazone groups is 1. The highest BCUT2D eigenvalue weighted by molar-refractivity contribution is 14.1. The topological polar surface area (TPSA) is 111 Å². The summed E-state index contributed by atoms with van der Waals surface area (Å²) in [5.41, 5.74) is 7.90. The fourth-order valence-electron chi connectivity index (χ4n) is 4.58. The first-order valence-corrected chi connectivity index (χ1v) is 14.7. The summed E-state index contributed by atoms with van der Waals surface area (Å²) in [7, 11) is 1.54. The van der Waals surface area contributed by atoms with Gasteiger partial charge in [-0.25, -0.2) is 5.43 Å². The molecular weight excluding hydrogens is 671 g/mol. The van der Waals surface area contributed by atoms with Crippen LogP contribution in [0.1, 0.15) is 44.4 Å². The molecule has 5 aromatic rings. The minimum absolute atomic E-state index is 0.114. The molecule has 0 aliphatic heterocycles. The van der Waals surface area contributed by atoms with Crippen LogP contribution in [0.15, 0.2) is 94.4 Å². The number of benzene rings is 3. The zero-order chi connectivity index (χ0) is 31.1. The van der Waals surface area contributed by atoms with Crippen molar-refractivity contribution in [2.24, 2.45) is 5.10 Å². The molecule has 0 unspecified atom stereocenters. The van der Waals surface area contributed by atoms with E-state index in [1.807, 2.05) is 48.5 Å². The molecule has 0 aliphatic carbocycles. The molecule has 5 rings (SSSR count). The van der Waals surface area contributed by atoms with Gasteiger partial charge in [0.15, 0.2) is 17.3 Å². The van der Waals surface area contributed by atoms with E-state index in [9.17, 15) is 10.1 Å². The fraction of sp³-hybridized carbons (Fsp3) is 0.147. The lowest BCUT2D eigenvalue weighted by Crippen LogP contribution is -2.16. The minimum atomic E-state index is -0.493. The maximum absolute atomic E-state index is 12.6. The van der Waals surface area contributed by atoms with E-state index in [4.69, 9.17) is 18.6 Å². The predicted octanol–water partition coefficient (Wildman–Crippen LogP) is 7.09. The van der Waals surface area contributed by atoms with Crippen molar-refractivity contribution in [2.45, 2.75) is 27.1 Å². The molecule has 9 nitrogen and oxygen atoms in total. The molecule has 2 heterocycles. The molecule has 1 N–H and O–H groups in total. The summed E-state index contributed by atoms with van der Waals surface area (Å²) in [5, 5.41) is 13.4. The van der Waals surface area contributed by atoms with Gasteiger partial charge < -0.3 is 23.2 Å². The van der Waals surface area contributed by atoms with Crippen LogP contribution >= 0.6 is 22.6 Å². The molecule has 0 atom stereocenters. The van der Waals surface area contributed by atoms with Gasteiger partial charge in [-0.15, -0.1) is 0 Å². The lowest BCUT2D eigenvalue weighted by Gasteiger charge is -2.14. The number of nitrogens with zero attached hydrogens (tertiary/aromatic N) is 3. The van der Waals surface area contributed by atoms with E-state index in [1.54, 1.807) is 31.4 Å². The van der Waals surface area contributed by atoms with E-state index in [0.29, 0.717) is 34.1 Å². The Morgan fingerprint density at radius 1 is 1.00 bits per heavy atom. The Balaban J connectivity index is 1.15. The number of aromatic nitrogens is 1. The molecule has 222 valence electrons. The van der Waals surface area contributed by atoms with E-state index >= 15 is 0 Å². The molecule has 0 spiro atoms. The van der Waals surface area contributed by atoms with Crippen LogP contribution in [0, 0.1) is 28.7 Å². The van der Waals surface area contributed by atoms with Crippen molar-refractivity contribution in [2.75, 3.05) is 7.11 Å². The lowest BCUT2D eigenvalue weighted by atomic mass is 10.1. The number of amides is 1. The van der Waals surface area contributed by atoms with E-state index in [1.165, 1.54) is 6.21 Å². The summed E-state index contributed by atoms with van der Waals surface area (Å²) in [4.78, 5) is 12.6. The normalized spacial score (nSPS) is 10.9. The van der Waals surface area contributed by atoms with Crippen LogP contribution in [0.25, 0.3) is 5.69 Å². The molecule has 0 saturated carbocycles. The fourth-order valence-corrected chi connectivity index (χ4v) is 5.36. The Kier molecular flexibility index (Phi) is 9.66. The smallest absolute Gasteiger partial charge is 0.307 e. The van der Waals surface area contributed by atoms with Crippen LogP contribution < -0.4 is 19.6 Å². The van der Waals surface area contributed by atoms with Crippen molar-refractivity contribution in [1.82, 2.24) is 9.99 Å². The second kappa shape index (κ2) is 14.0. The predicted molar refractivity (Wildman–Crippen MR) is 175 cm³/mol. The summed E-state index contributed by atoms with van der Waals surface area (Å²) in [5.74, 6) is 1.87. The maximum Gasteiger partial charge on any atom is 0.307 e. The number of methoxy groups -OCH3 is 1. The third-order valence-corrected chi connectivity index (χ3v) is 7.58. The van der Waals surface area contributed by atoms with Crippen molar-refractivity contribution < 1.29 is 23.4 Å². The van der Waals surface area contributed by atoms with Crippen molar-refractivity contribution in [1.29, 1.82) is 5.26 Å². The molecular formula is C34H29IN4O5. The first kappa shape index (κ1) is 30.4. The molecule has 10 heteroatoms. The average molecular weight is 701 g/mol. The highest BCUT2D eigenvalue weighted by Crippen LogP contribution is 2.34. The van der Waals surface area contributed by atoms with Gasteiger partial charge >= 0.3 is 5.91 Å². The number of ether oxygens (including phenoxy) is 3. The second-order valence-corrected chi connectivity index (χ2v) is 11.0. The van der Waals surface area contributed by atoms with Gasteiger partial charge in [-0.05, 0) is 109 Å². The Hall–Kier alpha value is -5.02. The number of carbonyl (C=O) groups is 1. The quantitative estimate of drug-likeness (QED) is 0.0895. The van der Waals surface area contributed by atoms with Gasteiger partial charge in [0.25, 0.3) is 0 Å². The number of nitriles is 1. The van der Waals surface area contributed by atoms with Crippen LogP contribution in [0.2, 0.25) is 0 Å². The van der Waals surface area contributed by atoms with Gasteiger partial charge in [0.2, 0.25) is 0 Å². The van der Waals surface area contributed by atoms with Gasteiger partial charge in [-0.3, -0.25) is 4.79 Å². The number of hydrogen-bond donors (Lipinski definition) is 1. The van der Waals surface area contributed by atoms with Crippen LogP contribution in [0.3, 0.4) is 0 Å². The Bertz CT molecular complexity index is 1830. The van der Waals surface area contributed by atoms with Crippen LogP contribution in [-0.4, -0.2) is 23.8 Å². The zero-order valence-electron chi connectivity index (χ0n) is 24.3. The standard InChI is InChI=1S/C34H29IN4O5/c1-22-8-9-23(2)39(22)27-10-12-28(13-11-27)42-21-29-14-15-31(44-29)34(40)38-37-19-24-16-30(35)33(32(17-24)41-3)43-20-26-7-5-4-6-25(26)18-36/h4-17,19H,20-21H2,1-3H3,(H,38,40)/b37-19+. The number of carbonyl (C=O) groups excluding carboxylic acids is 1. The number of furan rings is 1. The molecule has 0 radical (unpaired) electrons. The monoisotopic (exact) mass is 700 g/mol. The Labute approximate surface area is 268 Å². The summed E-state index contributed by atoms with van der Waals surface area (Å²) < 4.78 is 26.0. The highest BCUT2D eigenvalue weighted by Gasteiger charge is 2.14. The van der Waals surface area contributed by atoms with Crippen LogP contribution in [0.4, 0.5) is 0 Å². The van der Waals surface area contributed by atoms with Gasteiger partial charge in [-0.1, -0.05) is 18.2 Å². The SMILES string of the molecule is COc1cc(/C=N/NC(=O)c2ccc(COc3ccc(-n4c(C)ccc4C)cc3)o2)cc(I)c1OCc1ccccc1C#N. The van der Waals surface area contributed by atoms with Gasteiger partial charge in [0, 0.05) is 22.6 Å². The molecule has 0 bridgehead atoms. The number of rotatable bonds is 11. The van der Waals surface area contributed by atoms with E-state index in [-0.39, 0.29) is 19.0 Å². The molecule has 0 saturated heterocycles. The maximum atomic E-state index is 12.6. The number of nitrogens with one attached hydrogen (secondary N) is 1. The lowest BCUT2D eigenvalue weighted by molar-refractivity contribution is 0.0923. The largest absolute Gasteiger partial charge is 0.493 e. The van der Waals surface area contributed by atoms with E-state index < -0.39 is 5.91 Å². The number of halogens is 1. The van der Waals surface area contributed by atoms with Crippen molar-refractivity contribution in [3.8, 4) is 29.0 Å². The Morgan fingerprint density at radius 2 is 1.75 bits per heavy atom. The summed E-state index contributed by atoms with van der Waals surface area (Å²) in [6.07, 6.45) is 1.50. The van der Waals surface area contributed by atoms with Gasteiger partial charge in [-0.2, -0.15) is 10.4 Å². The van der Waals surface area contributed by atoms with Crippen molar-refractivity contribution in [3.05, 3.63) is 128 Å². The van der Waals surface area contributed by atoms with Gasteiger partial charge in [0.1, 0.15) is 24.7 Å². The molecule has 2 aromatic heterocycles. The third-order valence-electron chi connectivity index (χ3n) is 6.77. The second-order valence-electron chi connectivity index (χ2n) is 9.79. The number of aryl methyl sites for hydroxylation is 2. The first-order valence-electron chi connectivity index (χ1n) is 13.6. The van der Waals surface area contributed by atoms with Crippen LogP contribution in [-0.2, 0) is 13.2 Å². The first-order chi connectivity index (χ1) is 21.4. The molecule has 0 aliphatic rings. The Morgan fingerprint density at radius 3 is 2.48 bits per heavy atom. The zero-order valence-corrected chi connectivity index (χ0v) is 26.5. The van der Waals surface area contributed by atoms with Crippen molar-refractivity contribution >= 4 is 34.7 Å². The van der Waals surface area contributed by atoms with E-state index in [2.05, 4.69) is 69.7 Å². The van der Waals surface area contributed by atoms with E-state index in [0.717, 1.165) is 26.2 Å². The summed E-state index contributed by atoms with van der Waals surface area (Å²) in [6, 6.07) is 28.3.